The second-order valence-corrected chi connectivity index (χ2v) is 8.13. The van der Waals surface area contributed by atoms with Crippen molar-refractivity contribution in [3.8, 4) is 0 Å². The molecule has 1 N–H and O–H groups in total. The molecule has 126 valence electrons. The van der Waals surface area contributed by atoms with Gasteiger partial charge in [-0.2, -0.15) is 11.8 Å². The van der Waals surface area contributed by atoms with E-state index < -0.39 is 0 Å². The molecule has 1 aromatic carbocycles. The van der Waals surface area contributed by atoms with Gasteiger partial charge in [0.25, 0.3) is 0 Å². The van der Waals surface area contributed by atoms with Crippen LogP contribution in [0.15, 0.2) is 18.2 Å². The fraction of sp³-hybridized carbons (Fsp3) is 0.632. The van der Waals surface area contributed by atoms with Crippen molar-refractivity contribution in [2.45, 2.75) is 57.6 Å². The van der Waals surface area contributed by atoms with Gasteiger partial charge in [0.2, 0.25) is 5.91 Å². The molecule has 0 aliphatic carbocycles. The number of rotatable bonds is 4. The summed E-state index contributed by atoms with van der Waals surface area (Å²) in [7, 11) is 0. The largest absolute Gasteiger partial charge is 0.374 e. The molecule has 1 aromatic rings. The van der Waals surface area contributed by atoms with E-state index in [0.717, 1.165) is 38.0 Å². The van der Waals surface area contributed by atoms with Crippen LogP contribution in [0.2, 0.25) is 0 Å². The van der Waals surface area contributed by atoms with Gasteiger partial charge in [-0.1, -0.05) is 23.8 Å². The van der Waals surface area contributed by atoms with E-state index >= 15 is 0 Å². The van der Waals surface area contributed by atoms with Crippen LogP contribution in [0.25, 0.3) is 0 Å². The Bertz CT molecular complexity index is 566. The van der Waals surface area contributed by atoms with Gasteiger partial charge < -0.3 is 10.1 Å². The summed E-state index contributed by atoms with van der Waals surface area (Å²) in [6.07, 6.45) is 4.45. The maximum Gasteiger partial charge on any atom is 0.220 e. The van der Waals surface area contributed by atoms with Crippen molar-refractivity contribution in [3.05, 3.63) is 34.9 Å². The number of nitrogens with one attached hydrogen (secondary N) is 1. The highest BCUT2D eigenvalue weighted by atomic mass is 32.2. The number of hydrogen-bond donors (Lipinski definition) is 1. The van der Waals surface area contributed by atoms with Crippen molar-refractivity contribution in [3.63, 3.8) is 0 Å². The Hall–Kier alpha value is -1.00. The second-order valence-electron chi connectivity index (χ2n) is 7.02. The lowest BCUT2D eigenvalue weighted by atomic mass is 9.89. The topological polar surface area (TPSA) is 38.3 Å². The van der Waals surface area contributed by atoms with Gasteiger partial charge in [-0.05, 0) is 56.4 Å². The zero-order valence-corrected chi connectivity index (χ0v) is 15.0. The summed E-state index contributed by atoms with van der Waals surface area (Å²) < 4.78 is 6.02. The third kappa shape index (κ3) is 4.30. The molecule has 1 spiro atoms. The van der Waals surface area contributed by atoms with E-state index in [2.05, 4.69) is 37.4 Å². The molecule has 0 radical (unpaired) electrons. The summed E-state index contributed by atoms with van der Waals surface area (Å²) in [5.74, 6) is 2.45. The van der Waals surface area contributed by atoms with Crippen molar-refractivity contribution < 1.29 is 9.53 Å². The van der Waals surface area contributed by atoms with E-state index in [9.17, 15) is 4.79 Å². The van der Waals surface area contributed by atoms with Gasteiger partial charge in [-0.3, -0.25) is 4.79 Å². The molecule has 2 heterocycles. The lowest BCUT2D eigenvalue weighted by Gasteiger charge is -2.38. The predicted octanol–water partition coefficient (Wildman–Crippen LogP) is 3.41. The molecule has 2 saturated heterocycles. The average molecular weight is 333 g/mol. The molecule has 0 saturated carbocycles. The van der Waals surface area contributed by atoms with Gasteiger partial charge in [-0.25, -0.2) is 0 Å². The van der Waals surface area contributed by atoms with Crippen LogP contribution in [0.4, 0.5) is 0 Å². The molecule has 2 aliphatic rings. The van der Waals surface area contributed by atoms with Gasteiger partial charge >= 0.3 is 0 Å². The lowest BCUT2D eigenvalue weighted by Crippen LogP contribution is -2.48. The third-order valence-corrected chi connectivity index (χ3v) is 6.27. The molecule has 3 rings (SSSR count). The Morgan fingerprint density at radius 2 is 2.30 bits per heavy atom. The number of carbonyl (C=O) groups is 1. The number of carbonyl (C=O) groups excluding carboxylic acids is 1. The summed E-state index contributed by atoms with van der Waals surface area (Å²) in [4.78, 5) is 12.3. The standard InChI is InChI=1S/C19H27NO2S/c1-14-3-4-16(15(2)11-14)5-6-18(21)20-17-7-9-22-19(12-17)8-10-23-13-19/h3-4,11,17H,5-10,12-13H2,1-2H3,(H,20,21)/t17-,19+/m1/s1. The number of hydrogen-bond acceptors (Lipinski definition) is 3. The van der Waals surface area contributed by atoms with Crippen molar-refractivity contribution in [2.75, 3.05) is 18.1 Å². The smallest absolute Gasteiger partial charge is 0.220 e. The Balaban J connectivity index is 1.49. The van der Waals surface area contributed by atoms with Crippen molar-refractivity contribution in [2.24, 2.45) is 0 Å². The first-order valence-electron chi connectivity index (χ1n) is 8.64. The Kier molecular flexibility index (Phi) is 5.32. The highest BCUT2D eigenvalue weighted by Gasteiger charge is 2.40. The van der Waals surface area contributed by atoms with E-state index in [4.69, 9.17) is 4.74 Å². The summed E-state index contributed by atoms with van der Waals surface area (Å²) in [6.45, 7) is 5.01. The van der Waals surface area contributed by atoms with Crippen LogP contribution in [-0.2, 0) is 16.0 Å². The summed E-state index contributed by atoms with van der Waals surface area (Å²) in [6, 6.07) is 6.75. The van der Waals surface area contributed by atoms with Crippen molar-refractivity contribution in [1.29, 1.82) is 0 Å². The fourth-order valence-corrected chi connectivity index (χ4v) is 5.07. The Morgan fingerprint density at radius 3 is 3.04 bits per heavy atom. The fourth-order valence-electron chi connectivity index (χ4n) is 3.69. The normalized spacial score (nSPS) is 27.3. The SMILES string of the molecule is Cc1ccc(CCC(=O)N[C@@H]2CCO[C@@]3(CCSC3)C2)c(C)c1. The predicted molar refractivity (Wildman–Crippen MR) is 96.0 cm³/mol. The van der Waals surface area contributed by atoms with Gasteiger partial charge in [0.05, 0.1) is 5.60 Å². The lowest BCUT2D eigenvalue weighted by molar-refractivity contribution is -0.124. The molecule has 4 heteroatoms. The van der Waals surface area contributed by atoms with Crippen LogP contribution in [0, 0.1) is 13.8 Å². The van der Waals surface area contributed by atoms with Gasteiger partial charge in [0.15, 0.2) is 0 Å². The molecule has 0 unspecified atom stereocenters. The van der Waals surface area contributed by atoms with E-state index in [1.54, 1.807) is 0 Å². The molecule has 1 amide bonds. The molecule has 23 heavy (non-hydrogen) atoms. The van der Waals surface area contributed by atoms with Crippen LogP contribution in [0.3, 0.4) is 0 Å². The highest BCUT2D eigenvalue weighted by Crippen LogP contribution is 2.38. The minimum atomic E-state index is 0.0361. The molecule has 0 bridgehead atoms. The maximum absolute atomic E-state index is 12.3. The van der Waals surface area contributed by atoms with Crippen LogP contribution in [0.1, 0.15) is 42.4 Å². The number of aryl methyl sites for hydroxylation is 3. The minimum absolute atomic E-state index is 0.0361. The zero-order chi connectivity index (χ0) is 16.3. The van der Waals surface area contributed by atoms with Crippen LogP contribution in [0.5, 0.6) is 0 Å². The quantitative estimate of drug-likeness (QED) is 0.918. The summed E-state index contributed by atoms with van der Waals surface area (Å²) >= 11 is 1.97. The second kappa shape index (κ2) is 7.27. The molecule has 3 nitrogen and oxygen atoms in total. The van der Waals surface area contributed by atoms with Crippen LogP contribution >= 0.6 is 11.8 Å². The third-order valence-electron chi connectivity index (χ3n) is 5.04. The highest BCUT2D eigenvalue weighted by molar-refractivity contribution is 7.99. The molecule has 0 aromatic heterocycles. The minimum Gasteiger partial charge on any atom is -0.374 e. The van der Waals surface area contributed by atoms with Crippen LogP contribution in [-0.4, -0.2) is 35.7 Å². The monoisotopic (exact) mass is 333 g/mol. The molecule has 2 atom stereocenters. The van der Waals surface area contributed by atoms with Gasteiger partial charge in [0, 0.05) is 24.8 Å². The number of ether oxygens (including phenoxy) is 1. The molecule has 2 fully saturated rings. The van der Waals surface area contributed by atoms with Gasteiger partial charge in [0.1, 0.15) is 0 Å². The van der Waals surface area contributed by atoms with E-state index in [0.29, 0.717) is 6.42 Å². The Morgan fingerprint density at radius 1 is 1.43 bits per heavy atom. The first-order chi connectivity index (χ1) is 11.1. The van der Waals surface area contributed by atoms with Crippen molar-refractivity contribution >= 4 is 17.7 Å². The van der Waals surface area contributed by atoms with Gasteiger partial charge in [-0.15, -0.1) is 0 Å². The summed E-state index contributed by atoms with van der Waals surface area (Å²) in [5.41, 5.74) is 3.87. The first kappa shape index (κ1) is 16.8. The Labute approximate surface area is 143 Å². The molecule has 2 aliphatic heterocycles. The number of benzene rings is 1. The molecular weight excluding hydrogens is 306 g/mol. The van der Waals surface area contributed by atoms with E-state index in [1.807, 2.05) is 11.8 Å². The molecular formula is C19H27NO2S. The first-order valence-corrected chi connectivity index (χ1v) is 9.79. The van der Waals surface area contributed by atoms with E-state index in [1.165, 1.54) is 22.4 Å². The van der Waals surface area contributed by atoms with Crippen LogP contribution < -0.4 is 5.32 Å². The van der Waals surface area contributed by atoms with Crippen molar-refractivity contribution in [1.82, 2.24) is 5.32 Å². The number of amides is 1. The maximum atomic E-state index is 12.3. The summed E-state index contributed by atoms with van der Waals surface area (Å²) in [5, 5.41) is 3.24. The zero-order valence-electron chi connectivity index (χ0n) is 14.2. The van der Waals surface area contributed by atoms with E-state index in [-0.39, 0.29) is 17.6 Å². The average Bonchev–Trinajstić information content (AvgIpc) is 2.94. The number of thioether (sulfide) groups is 1.